The first-order valence-electron chi connectivity index (χ1n) is 10.7. The highest BCUT2D eigenvalue weighted by atomic mass is 79.9. The SMILES string of the molecule is CCC(CC(C)C)c1cccc(Br)c1.CCC(CC(C)C)c1ccccc1. The van der Waals surface area contributed by atoms with E-state index in [9.17, 15) is 0 Å². The number of halogens is 1. The van der Waals surface area contributed by atoms with Gasteiger partial charge in [-0.05, 0) is 72.6 Å². The van der Waals surface area contributed by atoms with Gasteiger partial charge in [-0.3, -0.25) is 0 Å². The van der Waals surface area contributed by atoms with Crippen molar-refractivity contribution in [2.75, 3.05) is 0 Å². The fraction of sp³-hybridized carbons (Fsp3) is 0.538. The Labute approximate surface area is 176 Å². The van der Waals surface area contributed by atoms with Gasteiger partial charge in [0.1, 0.15) is 0 Å². The lowest BCUT2D eigenvalue weighted by atomic mass is 9.88. The van der Waals surface area contributed by atoms with Crippen molar-refractivity contribution in [1.29, 1.82) is 0 Å². The summed E-state index contributed by atoms with van der Waals surface area (Å²) in [5.74, 6) is 3.04. The van der Waals surface area contributed by atoms with Gasteiger partial charge in [0.05, 0.1) is 0 Å². The molecule has 2 aromatic carbocycles. The van der Waals surface area contributed by atoms with Crippen LogP contribution >= 0.6 is 15.9 Å². The van der Waals surface area contributed by atoms with Gasteiger partial charge in [-0.2, -0.15) is 0 Å². The van der Waals surface area contributed by atoms with Crippen molar-refractivity contribution in [2.24, 2.45) is 11.8 Å². The van der Waals surface area contributed by atoms with Crippen molar-refractivity contribution < 1.29 is 0 Å². The van der Waals surface area contributed by atoms with E-state index in [0.717, 1.165) is 17.8 Å². The minimum absolute atomic E-state index is 0.715. The molecule has 0 saturated carbocycles. The third-order valence-electron chi connectivity index (χ3n) is 5.09. The molecule has 0 N–H and O–H groups in total. The molecule has 0 amide bonds. The van der Waals surface area contributed by atoms with Crippen molar-refractivity contribution in [2.45, 2.75) is 79.1 Å². The molecule has 0 radical (unpaired) electrons. The van der Waals surface area contributed by atoms with Crippen LogP contribution in [0.3, 0.4) is 0 Å². The number of benzene rings is 2. The maximum absolute atomic E-state index is 3.53. The van der Waals surface area contributed by atoms with E-state index in [1.807, 2.05) is 0 Å². The van der Waals surface area contributed by atoms with Gasteiger partial charge in [0.2, 0.25) is 0 Å². The zero-order valence-electron chi connectivity index (χ0n) is 18.2. The summed E-state index contributed by atoms with van der Waals surface area (Å²) < 4.78 is 1.19. The molecule has 0 aliphatic rings. The summed E-state index contributed by atoms with van der Waals surface area (Å²) in [6, 6.07) is 19.6. The molecule has 150 valence electrons. The van der Waals surface area contributed by atoms with E-state index in [-0.39, 0.29) is 0 Å². The van der Waals surface area contributed by atoms with Crippen LogP contribution in [0.2, 0.25) is 0 Å². The fourth-order valence-corrected chi connectivity index (χ4v) is 4.12. The Balaban J connectivity index is 0.000000271. The van der Waals surface area contributed by atoms with Crippen LogP contribution in [-0.2, 0) is 0 Å². The average Bonchev–Trinajstić information content (AvgIpc) is 2.65. The van der Waals surface area contributed by atoms with Crippen LogP contribution in [0.5, 0.6) is 0 Å². The first-order chi connectivity index (χ1) is 12.9. The van der Waals surface area contributed by atoms with Crippen molar-refractivity contribution in [3.8, 4) is 0 Å². The lowest BCUT2D eigenvalue weighted by Gasteiger charge is -2.17. The Bertz CT molecular complexity index is 615. The molecule has 0 fully saturated rings. The molecule has 0 nitrogen and oxygen atoms in total. The summed E-state index contributed by atoms with van der Waals surface area (Å²) >= 11 is 3.53. The number of hydrogen-bond donors (Lipinski definition) is 0. The smallest absolute Gasteiger partial charge is 0.0178 e. The van der Waals surface area contributed by atoms with Gasteiger partial charge < -0.3 is 0 Å². The molecule has 27 heavy (non-hydrogen) atoms. The molecule has 0 heterocycles. The monoisotopic (exact) mass is 430 g/mol. The molecule has 0 aliphatic heterocycles. The van der Waals surface area contributed by atoms with Gasteiger partial charge in [-0.25, -0.2) is 0 Å². The van der Waals surface area contributed by atoms with Crippen LogP contribution in [0.25, 0.3) is 0 Å². The third kappa shape index (κ3) is 9.60. The van der Waals surface area contributed by atoms with Gasteiger partial charge >= 0.3 is 0 Å². The predicted octanol–water partition coefficient (Wildman–Crippen LogP) is 9.22. The molecule has 1 heteroatoms. The third-order valence-corrected chi connectivity index (χ3v) is 5.58. The van der Waals surface area contributed by atoms with Crippen molar-refractivity contribution in [3.63, 3.8) is 0 Å². The molecule has 2 rings (SSSR count). The Morgan fingerprint density at radius 1 is 0.667 bits per heavy atom. The van der Waals surface area contributed by atoms with Crippen LogP contribution in [-0.4, -0.2) is 0 Å². The largest absolute Gasteiger partial charge is 0.0648 e. The zero-order valence-corrected chi connectivity index (χ0v) is 19.8. The molecule has 0 aromatic heterocycles. The highest BCUT2D eigenvalue weighted by Gasteiger charge is 2.11. The fourth-order valence-electron chi connectivity index (χ4n) is 3.70. The van der Waals surface area contributed by atoms with Crippen LogP contribution in [0.1, 0.15) is 90.2 Å². The maximum atomic E-state index is 3.53. The van der Waals surface area contributed by atoms with Crippen LogP contribution < -0.4 is 0 Å². The van der Waals surface area contributed by atoms with Crippen LogP contribution in [0.4, 0.5) is 0 Å². The average molecular weight is 432 g/mol. The van der Waals surface area contributed by atoms with Crippen molar-refractivity contribution >= 4 is 15.9 Å². The number of rotatable bonds is 8. The summed E-state index contributed by atoms with van der Waals surface area (Å²) in [4.78, 5) is 0. The standard InChI is InChI=1S/C13H19Br.C13H20/c1-4-11(8-10(2)3)12-6-5-7-13(14)9-12;1-4-12(10-11(2)3)13-8-6-5-7-9-13/h5-7,9-11H,4,8H2,1-3H3;5-9,11-12H,4,10H2,1-3H3. The summed E-state index contributed by atoms with van der Waals surface area (Å²) in [6.45, 7) is 13.7. The summed E-state index contributed by atoms with van der Waals surface area (Å²) in [5.41, 5.74) is 2.97. The Kier molecular flexibility index (Phi) is 11.7. The Morgan fingerprint density at radius 2 is 1.15 bits per heavy atom. The Hall–Kier alpha value is -1.08. The van der Waals surface area contributed by atoms with Gasteiger partial charge in [0.25, 0.3) is 0 Å². The van der Waals surface area contributed by atoms with E-state index in [2.05, 4.69) is 112 Å². The normalized spacial score (nSPS) is 13.2. The molecular weight excluding hydrogens is 392 g/mol. The molecule has 0 bridgehead atoms. The van der Waals surface area contributed by atoms with Crippen molar-refractivity contribution in [3.05, 3.63) is 70.2 Å². The second kappa shape index (κ2) is 13.2. The predicted molar refractivity (Wildman–Crippen MR) is 126 cm³/mol. The molecule has 2 atom stereocenters. The lowest BCUT2D eigenvalue weighted by molar-refractivity contribution is 0.489. The number of hydrogen-bond acceptors (Lipinski definition) is 0. The molecule has 0 saturated heterocycles. The Morgan fingerprint density at radius 3 is 1.59 bits per heavy atom. The van der Waals surface area contributed by atoms with Crippen LogP contribution in [0, 0.1) is 11.8 Å². The maximum Gasteiger partial charge on any atom is 0.0178 e. The van der Waals surface area contributed by atoms with Crippen molar-refractivity contribution in [1.82, 2.24) is 0 Å². The minimum atomic E-state index is 0.715. The first kappa shape index (κ1) is 24.0. The molecular formula is C26H39Br. The van der Waals surface area contributed by atoms with Gasteiger partial charge in [-0.1, -0.05) is 99.9 Å². The second-order valence-corrected chi connectivity index (χ2v) is 9.35. The lowest BCUT2D eigenvalue weighted by Crippen LogP contribution is -2.01. The van der Waals surface area contributed by atoms with E-state index in [1.54, 1.807) is 0 Å². The van der Waals surface area contributed by atoms with Gasteiger partial charge in [0, 0.05) is 4.47 Å². The molecule has 0 spiro atoms. The quantitative estimate of drug-likeness (QED) is 0.391. The molecule has 2 aromatic rings. The first-order valence-corrected chi connectivity index (χ1v) is 11.5. The molecule has 2 unspecified atom stereocenters. The van der Waals surface area contributed by atoms with E-state index in [0.29, 0.717) is 5.92 Å². The molecule has 0 aliphatic carbocycles. The second-order valence-electron chi connectivity index (χ2n) is 8.44. The van der Waals surface area contributed by atoms with Gasteiger partial charge in [0.15, 0.2) is 0 Å². The van der Waals surface area contributed by atoms with E-state index in [1.165, 1.54) is 41.3 Å². The van der Waals surface area contributed by atoms with E-state index >= 15 is 0 Å². The zero-order chi connectivity index (χ0) is 20.2. The van der Waals surface area contributed by atoms with E-state index in [4.69, 9.17) is 0 Å². The highest BCUT2D eigenvalue weighted by molar-refractivity contribution is 9.10. The summed E-state index contributed by atoms with van der Waals surface area (Å²) in [7, 11) is 0. The highest BCUT2D eigenvalue weighted by Crippen LogP contribution is 2.28. The summed E-state index contributed by atoms with van der Waals surface area (Å²) in [6.07, 6.45) is 5.07. The van der Waals surface area contributed by atoms with E-state index < -0.39 is 0 Å². The van der Waals surface area contributed by atoms with Crippen LogP contribution in [0.15, 0.2) is 59.1 Å². The topological polar surface area (TPSA) is 0 Å². The van der Waals surface area contributed by atoms with Gasteiger partial charge in [-0.15, -0.1) is 0 Å². The minimum Gasteiger partial charge on any atom is -0.0648 e. The summed E-state index contributed by atoms with van der Waals surface area (Å²) in [5, 5.41) is 0.